The minimum Gasteiger partial charge on any atom is -0.369 e. The van der Waals surface area contributed by atoms with Crippen molar-refractivity contribution < 1.29 is 13.5 Å². The lowest BCUT2D eigenvalue weighted by atomic mass is 9.89. The summed E-state index contributed by atoms with van der Waals surface area (Å²) in [7, 11) is 0. The zero-order chi connectivity index (χ0) is 8.82. The Morgan fingerprint density at radius 1 is 1.33 bits per heavy atom. The van der Waals surface area contributed by atoms with Crippen LogP contribution in [-0.2, 0) is 4.74 Å². The lowest BCUT2D eigenvalue weighted by Crippen LogP contribution is -2.62. The lowest BCUT2D eigenvalue weighted by Gasteiger charge is -2.46. The zero-order valence-corrected chi connectivity index (χ0v) is 7.07. The van der Waals surface area contributed by atoms with Gasteiger partial charge in [0.15, 0.2) is 0 Å². The van der Waals surface area contributed by atoms with Crippen LogP contribution in [0.3, 0.4) is 0 Å². The number of nitrogens with one attached hydrogen (secondary N) is 1. The first-order chi connectivity index (χ1) is 5.49. The second-order valence-electron chi connectivity index (χ2n) is 4.06. The number of alkyl halides is 2. The monoisotopic (exact) mass is 177 g/mol. The summed E-state index contributed by atoms with van der Waals surface area (Å²) >= 11 is 0. The van der Waals surface area contributed by atoms with Gasteiger partial charge in [0, 0.05) is 25.9 Å². The van der Waals surface area contributed by atoms with E-state index in [0.717, 1.165) is 13.1 Å². The molecule has 0 atom stereocenters. The first-order valence-electron chi connectivity index (χ1n) is 4.26. The van der Waals surface area contributed by atoms with Gasteiger partial charge in [0.1, 0.15) is 0 Å². The van der Waals surface area contributed by atoms with Gasteiger partial charge in [0.25, 0.3) is 5.92 Å². The van der Waals surface area contributed by atoms with Crippen LogP contribution in [-0.4, -0.2) is 30.7 Å². The lowest BCUT2D eigenvalue weighted by molar-refractivity contribution is -0.215. The van der Waals surface area contributed by atoms with Gasteiger partial charge in [-0.1, -0.05) is 0 Å². The number of hydrogen-bond donors (Lipinski definition) is 1. The van der Waals surface area contributed by atoms with Gasteiger partial charge in [-0.05, 0) is 6.92 Å². The molecule has 2 fully saturated rings. The smallest absolute Gasteiger partial charge is 0.253 e. The van der Waals surface area contributed by atoms with Crippen LogP contribution in [0.25, 0.3) is 0 Å². The van der Waals surface area contributed by atoms with E-state index in [9.17, 15) is 8.78 Å². The summed E-state index contributed by atoms with van der Waals surface area (Å²) in [4.78, 5) is 0. The SMILES string of the molecule is CC1(OC2CC(F)(F)C2)CNC1. The Balaban J connectivity index is 1.76. The van der Waals surface area contributed by atoms with Crippen molar-refractivity contribution in [3.63, 3.8) is 0 Å². The topological polar surface area (TPSA) is 21.3 Å². The van der Waals surface area contributed by atoms with Crippen LogP contribution in [0.15, 0.2) is 0 Å². The van der Waals surface area contributed by atoms with Crippen LogP contribution in [0.1, 0.15) is 19.8 Å². The van der Waals surface area contributed by atoms with E-state index in [0.29, 0.717) is 0 Å². The third-order valence-corrected chi connectivity index (χ3v) is 2.50. The molecule has 1 aliphatic heterocycles. The van der Waals surface area contributed by atoms with Crippen LogP contribution >= 0.6 is 0 Å². The summed E-state index contributed by atoms with van der Waals surface area (Å²) in [6.07, 6.45) is -0.405. The zero-order valence-electron chi connectivity index (χ0n) is 7.07. The Morgan fingerprint density at radius 3 is 2.25 bits per heavy atom. The summed E-state index contributed by atoms with van der Waals surface area (Å²) < 4.78 is 30.3. The van der Waals surface area contributed by atoms with Crippen molar-refractivity contribution in [3.05, 3.63) is 0 Å². The molecule has 0 unspecified atom stereocenters. The predicted octanol–water partition coefficient (Wildman–Crippen LogP) is 1.16. The van der Waals surface area contributed by atoms with Gasteiger partial charge >= 0.3 is 0 Å². The molecule has 1 saturated heterocycles. The van der Waals surface area contributed by atoms with Crippen LogP contribution in [0.2, 0.25) is 0 Å². The first kappa shape index (κ1) is 8.38. The molecule has 1 N–H and O–H groups in total. The third kappa shape index (κ3) is 1.45. The predicted molar refractivity (Wildman–Crippen MR) is 40.3 cm³/mol. The number of ether oxygens (including phenoxy) is 1. The molecule has 70 valence electrons. The van der Waals surface area contributed by atoms with Gasteiger partial charge in [-0.15, -0.1) is 0 Å². The molecule has 0 amide bonds. The maximum Gasteiger partial charge on any atom is 0.253 e. The molecule has 0 spiro atoms. The molecule has 4 heteroatoms. The van der Waals surface area contributed by atoms with Gasteiger partial charge in [-0.2, -0.15) is 0 Å². The van der Waals surface area contributed by atoms with Gasteiger partial charge < -0.3 is 10.1 Å². The molecule has 0 radical (unpaired) electrons. The van der Waals surface area contributed by atoms with Crippen LogP contribution in [0.4, 0.5) is 8.78 Å². The molecule has 0 aromatic carbocycles. The largest absolute Gasteiger partial charge is 0.369 e. The Bertz CT molecular complexity index is 183. The van der Waals surface area contributed by atoms with Crippen molar-refractivity contribution >= 4 is 0 Å². The van der Waals surface area contributed by atoms with E-state index in [-0.39, 0.29) is 24.5 Å². The molecule has 1 heterocycles. The summed E-state index contributed by atoms with van der Waals surface area (Å²) in [5.74, 6) is -2.46. The minimum atomic E-state index is -2.46. The van der Waals surface area contributed by atoms with Crippen LogP contribution < -0.4 is 5.32 Å². The second kappa shape index (κ2) is 2.39. The molecule has 1 saturated carbocycles. The summed E-state index contributed by atoms with van der Waals surface area (Å²) in [6.45, 7) is 3.53. The highest BCUT2D eigenvalue weighted by Crippen LogP contribution is 2.41. The highest BCUT2D eigenvalue weighted by Gasteiger charge is 2.49. The Kier molecular flexibility index (Phi) is 1.67. The maximum absolute atomic E-state index is 12.4. The Labute approximate surface area is 70.3 Å². The first-order valence-corrected chi connectivity index (χ1v) is 4.26. The highest BCUT2D eigenvalue weighted by molar-refractivity contribution is 4.95. The quantitative estimate of drug-likeness (QED) is 0.683. The number of hydrogen-bond acceptors (Lipinski definition) is 2. The molecular formula is C8H13F2NO. The van der Waals surface area contributed by atoms with Crippen molar-refractivity contribution in [2.45, 2.75) is 37.4 Å². The fourth-order valence-electron chi connectivity index (χ4n) is 1.65. The summed E-state index contributed by atoms with van der Waals surface area (Å²) in [5.41, 5.74) is -0.179. The third-order valence-electron chi connectivity index (χ3n) is 2.50. The fourth-order valence-corrected chi connectivity index (χ4v) is 1.65. The standard InChI is InChI=1S/C8H13F2NO/c1-7(4-11-5-7)12-6-2-8(9,10)3-6/h6,11H,2-5H2,1H3. The van der Waals surface area contributed by atoms with E-state index in [1.165, 1.54) is 0 Å². The van der Waals surface area contributed by atoms with Crippen LogP contribution in [0, 0.1) is 0 Å². The molecule has 12 heavy (non-hydrogen) atoms. The van der Waals surface area contributed by atoms with E-state index in [1.807, 2.05) is 6.92 Å². The van der Waals surface area contributed by atoms with E-state index < -0.39 is 5.92 Å². The van der Waals surface area contributed by atoms with Gasteiger partial charge in [-0.3, -0.25) is 0 Å². The molecule has 0 aromatic heterocycles. The Hall–Kier alpha value is -0.220. The van der Waals surface area contributed by atoms with E-state index in [4.69, 9.17) is 4.74 Å². The van der Waals surface area contributed by atoms with Gasteiger partial charge in [0.05, 0.1) is 11.7 Å². The van der Waals surface area contributed by atoms with Crippen LogP contribution in [0.5, 0.6) is 0 Å². The normalized spacial score (nSPS) is 32.2. The van der Waals surface area contributed by atoms with Crippen molar-refractivity contribution in [3.8, 4) is 0 Å². The fraction of sp³-hybridized carbons (Fsp3) is 1.00. The summed E-state index contributed by atoms with van der Waals surface area (Å²) in [5, 5.41) is 3.06. The average molecular weight is 177 g/mol. The molecular weight excluding hydrogens is 164 g/mol. The maximum atomic E-state index is 12.4. The average Bonchev–Trinajstić information content (AvgIpc) is 1.80. The van der Waals surface area contributed by atoms with E-state index in [1.54, 1.807) is 0 Å². The second-order valence-corrected chi connectivity index (χ2v) is 4.06. The molecule has 2 nitrogen and oxygen atoms in total. The van der Waals surface area contributed by atoms with Gasteiger partial charge in [-0.25, -0.2) is 8.78 Å². The van der Waals surface area contributed by atoms with Crippen molar-refractivity contribution in [2.24, 2.45) is 0 Å². The van der Waals surface area contributed by atoms with Gasteiger partial charge in [0.2, 0.25) is 0 Å². The molecule has 1 aliphatic carbocycles. The Morgan fingerprint density at radius 2 is 1.92 bits per heavy atom. The number of rotatable bonds is 2. The number of halogens is 2. The van der Waals surface area contributed by atoms with Crippen molar-refractivity contribution in [1.29, 1.82) is 0 Å². The molecule has 0 bridgehead atoms. The highest BCUT2D eigenvalue weighted by atomic mass is 19.3. The molecule has 2 rings (SSSR count). The molecule has 0 aromatic rings. The summed E-state index contributed by atoms with van der Waals surface area (Å²) in [6, 6.07) is 0. The van der Waals surface area contributed by atoms with E-state index >= 15 is 0 Å². The molecule has 2 aliphatic rings. The van der Waals surface area contributed by atoms with Crippen molar-refractivity contribution in [1.82, 2.24) is 5.32 Å². The minimum absolute atomic E-state index is 0.0947. The van der Waals surface area contributed by atoms with Crippen molar-refractivity contribution in [2.75, 3.05) is 13.1 Å². The van der Waals surface area contributed by atoms with E-state index in [2.05, 4.69) is 5.32 Å².